The monoisotopic (exact) mass is 421 g/mol. The second kappa shape index (κ2) is 8.27. The third-order valence-electron chi connectivity index (χ3n) is 4.92. The minimum atomic E-state index is -0.838. The van der Waals surface area contributed by atoms with E-state index in [4.69, 9.17) is 14.2 Å². The summed E-state index contributed by atoms with van der Waals surface area (Å²) >= 11 is 0. The smallest absolute Gasteiger partial charge is 0.355 e. The van der Waals surface area contributed by atoms with Crippen LogP contribution < -0.4 is 14.8 Å². The number of fused-ring (bicyclic) bond motifs is 1. The number of para-hydroxylation sites is 1. The van der Waals surface area contributed by atoms with E-state index in [1.807, 2.05) is 0 Å². The summed E-state index contributed by atoms with van der Waals surface area (Å²) in [5.41, 5.74) is 1.000. The molecule has 0 radical (unpaired) electrons. The van der Waals surface area contributed by atoms with Gasteiger partial charge in [0, 0.05) is 11.1 Å². The minimum Gasteiger partial charge on any atom is -0.497 e. The Morgan fingerprint density at radius 2 is 1.84 bits per heavy atom. The van der Waals surface area contributed by atoms with E-state index in [1.165, 1.54) is 26.0 Å². The first-order chi connectivity index (χ1) is 15.1. The Hall–Kier alpha value is -4.21. The third kappa shape index (κ3) is 3.48. The minimum absolute atomic E-state index is 0.0477. The van der Waals surface area contributed by atoms with Crippen molar-refractivity contribution in [3.63, 3.8) is 0 Å². The van der Waals surface area contributed by atoms with Crippen LogP contribution in [0.2, 0.25) is 0 Å². The van der Waals surface area contributed by atoms with Crippen LogP contribution in [0.1, 0.15) is 22.0 Å². The van der Waals surface area contributed by atoms with Crippen LogP contribution >= 0.6 is 0 Å². The maximum Gasteiger partial charge on any atom is 0.355 e. The van der Waals surface area contributed by atoms with E-state index in [0.717, 1.165) is 0 Å². The highest BCUT2D eigenvalue weighted by atomic mass is 16.5. The number of hydrogen-bond donors (Lipinski definition) is 1. The lowest BCUT2D eigenvalue weighted by Gasteiger charge is -2.29. The van der Waals surface area contributed by atoms with Gasteiger partial charge in [0.25, 0.3) is 0 Å². The highest BCUT2D eigenvalue weighted by molar-refractivity contribution is 6.15. The number of carbonyl (C=O) groups is 2. The standard InChI is InChI=1S/C21H19N5O5/c1-29-13-8-6-7-12(11-13)19(27)16-17(20(28)31-3)22-21-23-24-25-26(21)18(16)14-9-4-5-10-15(14)30-2/h4-11,18H,1-3H3,(H,22,23,25). The van der Waals surface area contributed by atoms with Crippen LogP contribution in [0.4, 0.5) is 5.95 Å². The quantitative estimate of drug-likeness (QED) is 0.471. The molecular weight excluding hydrogens is 402 g/mol. The van der Waals surface area contributed by atoms with Gasteiger partial charge < -0.3 is 19.5 Å². The number of tetrazole rings is 1. The van der Waals surface area contributed by atoms with Crippen LogP contribution in [0.5, 0.6) is 11.5 Å². The van der Waals surface area contributed by atoms with E-state index in [0.29, 0.717) is 22.6 Å². The van der Waals surface area contributed by atoms with Crippen molar-refractivity contribution in [1.82, 2.24) is 20.2 Å². The number of Topliss-reactive ketones (excluding diaryl/α,β-unsaturated/α-hetero) is 1. The fraction of sp³-hybridized carbons (Fsp3) is 0.190. The number of methoxy groups -OCH3 is 3. The van der Waals surface area contributed by atoms with Gasteiger partial charge in [-0.2, -0.15) is 4.68 Å². The highest BCUT2D eigenvalue weighted by Gasteiger charge is 2.39. The van der Waals surface area contributed by atoms with Gasteiger partial charge in [0.05, 0.1) is 26.9 Å². The molecule has 1 aliphatic rings. The molecule has 10 nitrogen and oxygen atoms in total. The maximum atomic E-state index is 13.7. The van der Waals surface area contributed by atoms with E-state index < -0.39 is 17.8 Å². The summed E-state index contributed by atoms with van der Waals surface area (Å²) < 4.78 is 17.1. The van der Waals surface area contributed by atoms with Gasteiger partial charge in [-0.05, 0) is 28.6 Å². The lowest BCUT2D eigenvalue weighted by molar-refractivity contribution is -0.136. The molecule has 158 valence electrons. The molecule has 0 fully saturated rings. The molecule has 0 saturated heterocycles. The van der Waals surface area contributed by atoms with Crippen LogP contribution in [0.25, 0.3) is 0 Å². The van der Waals surface area contributed by atoms with Gasteiger partial charge in [-0.15, -0.1) is 0 Å². The Morgan fingerprint density at radius 3 is 2.58 bits per heavy atom. The van der Waals surface area contributed by atoms with Crippen LogP contribution in [0, 0.1) is 0 Å². The molecule has 3 aromatic rings. The van der Waals surface area contributed by atoms with Gasteiger partial charge in [-0.1, -0.05) is 35.4 Å². The Bertz CT molecular complexity index is 1190. The largest absolute Gasteiger partial charge is 0.497 e. The number of aromatic nitrogens is 4. The number of anilines is 1. The van der Waals surface area contributed by atoms with Gasteiger partial charge >= 0.3 is 5.97 Å². The molecule has 4 rings (SSSR count). The van der Waals surface area contributed by atoms with E-state index >= 15 is 0 Å². The van der Waals surface area contributed by atoms with E-state index in [-0.39, 0.29) is 17.2 Å². The first-order valence-corrected chi connectivity index (χ1v) is 9.28. The Morgan fingerprint density at radius 1 is 1.03 bits per heavy atom. The van der Waals surface area contributed by atoms with Crippen molar-refractivity contribution in [3.8, 4) is 11.5 Å². The van der Waals surface area contributed by atoms with Gasteiger partial charge in [-0.25, -0.2) is 4.79 Å². The average Bonchev–Trinajstić information content (AvgIpc) is 3.30. The molecule has 0 amide bonds. The predicted molar refractivity (Wildman–Crippen MR) is 109 cm³/mol. The summed E-state index contributed by atoms with van der Waals surface area (Å²) in [6.07, 6.45) is 0. The van der Waals surface area contributed by atoms with Gasteiger partial charge in [0.15, 0.2) is 5.78 Å². The predicted octanol–water partition coefficient (Wildman–Crippen LogP) is 2.02. The van der Waals surface area contributed by atoms with Crippen LogP contribution in [0.15, 0.2) is 59.8 Å². The summed E-state index contributed by atoms with van der Waals surface area (Å²) in [6, 6.07) is 13.0. The van der Waals surface area contributed by atoms with Crippen molar-refractivity contribution in [2.24, 2.45) is 0 Å². The summed E-state index contributed by atoms with van der Waals surface area (Å²) in [5, 5.41) is 14.5. The zero-order chi connectivity index (χ0) is 22.0. The Labute approximate surface area is 177 Å². The van der Waals surface area contributed by atoms with E-state index in [1.54, 1.807) is 48.5 Å². The number of nitrogens with zero attached hydrogens (tertiary/aromatic N) is 4. The second-order valence-electron chi connectivity index (χ2n) is 6.56. The summed E-state index contributed by atoms with van der Waals surface area (Å²) in [7, 11) is 4.27. The van der Waals surface area contributed by atoms with Gasteiger partial charge in [0.2, 0.25) is 5.95 Å². The van der Waals surface area contributed by atoms with Crippen LogP contribution in [-0.4, -0.2) is 53.3 Å². The average molecular weight is 421 g/mol. The number of nitrogens with one attached hydrogen (secondary N) is 1. The number of rotatable bonds is 6. The molecule has 1 aromatic heterocycles. The number of benzene rings is 2. The maximum absolute atomic E-state index is 13.7. The topological polar surface area (TPSA) is 117 Å². The lowest BCUT2D eigenvalue weighted by Crippen LogP contribution is -2.33. The van der Waals surface area contributed by atoms with Crippen molar-refractivity contribution in [3.05, 3.63) is 70.9 Å². The van der Waals surface area contributed by atoms with Gasteiger partial charge in [0.1, 0.15) is 23.2 Å². The Balaban J connectivity index is 1.98. The molecule has 0 saturated carbocycles. The summed E-state index contributed by atoms with van der Waals surface area (Å²) in [4.78, 5) is 26.4. The molecule has 1 N–H and O–H groups in total. The Kier molecular flexibility index (Phi) is 5.35. The molecule has 1 atom stereocenters. The third-order valence-corrected chi connectivity index (χ3v) is 4.92. The van der Waals surface area contributed by atoms with Crippen molar-refractivity contribution in [2.45, 2.75) is 6.04 Å². The zero-order valence-electron chi connectivity index (χ0n) is 17.0. The number of ether oxygens (including phenoxy) is 3. The van der Waals surface area contributed by atoms with Crippen molar-refractivity contribution in [1.29, 1.82) is 0 Å². The molecule has 10 heteroatoms. The van der Waals surface area contributed by atoms with Crippen molar-refractivity contribution >= 4 is 17.7 Å². The fourth-order valence-electron chi connectivity index (χ4n) is 3.49. The molecule has 2 heterocycles. The first-order valence-electron chi connectivity index (χ1n) is 9.28. The van der Waals surface area contributed by atoms with E-state index in [9.17, 15) is 9.59 Å². The summed E-state index contributed by atoms with van der Waals surface area (Å²) in [5.74, 6) is 0.0746. The highest BCUT2D eigenvalue weighted by Crippen LogP contribution is 2.40. The zero-order valence-corrected chi connectivity index (χ0v) is 17.0. The molecule has 2 aromatic carbocycles. The molecular formula is C21H19N5O5. The first kappa shape index (κ1) is 20.1. The number of hydrogen-bond acceptors (Lipinski definition) is 9. The van der Waals surface area contributed by atoms with Crippen molar-refractivity contribution < 1.29 is 23.8 Å². The molecule has 1 aliphatic heterocycles. The van der Waals surface area contributed by atoms with Crippen LogP contribution in [0.3, 0.4) is 0 Å². The fourth-order valence-corrected chi connectivity index (χ4v) is 3.49. The van der Waals surface area contributed by atoms with Crippen LogP contribution in [-0.2, 0) is 9.53 Å². The second-order valence-corrected chi connectivity index (χ2v) is 6.56. The number of allylic oxidation sites excluding steroid dienone is 1. The van der Waals surface area contributed by atoms with Gasteiger partial charge in [-0.3, -0.25) is 4.79 Å². The number of carbonyl (C=O) groups excluding carboxylic acids is 2. The SMILES string of the molecule is COC(=O)C1=C(C(=O)c2cccc(OC)c2)C(c2ccccc2OC)n2nnnc2N1. The summed E-state index contributed by atoms with van der Waals surface area (Å²) in [6.45, 7) is 0. The normalized spacial score (nSPS) is 15.0. The lowest BCUT2D eigenvalue weighted by atomic mass is 9.89. The molecule has 0 bridgehead atoms. The molecule has 31 heavy (non-hydrogen) atoms. The molecule has 0 aliphatic carbocycles. The number of ketones is 1. The molecule has 1 unspecified atom stereocenters. The molecule has 0 spiro atoms. The number of esters is 1. The van der Waals surface area contributed by atoms with Crippen molar-refractivity contribution in [2.75, 3.05) is 26.6 Å². The van der Waals surface area contributed by atoms with E-state index in [2.05, 4.69) is 20.8 Å².